The molecule has 7 heteroatoms. The highest BCUT2D eigenvalue weighted by Gasteiger charge is 2.49. The molecular formula is C11H16F3NO3. The Kier molecular flexibility index (Phi) is 3.31. The number of nitrogens with one attached hydrogen (secondary N) is 1. The molecule has 4 nitrogen and oxygen atoms in total. The predicted molar refractivity (Wildman–Crippen MR) is 55.9 cm³/mol. The number of carboxylic acid groups (broad SMARTS) is 1. The summed E-state index contributed by atoms with van der Waals surface area (Å²) in [6.45, 7) is 0. The molecule has 0 spiro atoms. The number of hydrogen-bond donors (Lipinski definition) is 3. The van der Waals surface area contributed by atoms with Crippen LogP contribution in [-0.2, 0) is 4.79 Å². The second-order valence-electron chi connectivity index (χ2n) is 5.54. The summed E-state index contributed by atoms with van der Waals surface area (Å²) >= 11 is 0. The van der Waals surface area contributed by atoms with E-state index in [1.54, 1.807) is 0 Å². The van der Waals surface area contributed by atoms with Gasteiger partial charge in [0.1, 0.15) is 0 Å². The van der Waals surface area contributed by atoms with Gasteiger partial charge in [0.2, 0.25) is 0 Å². The van der Waals surface area contributed by atoms with Crippen LogP contribution in [0.25, 0.3) is 0 Å². The van der Waals surface area contributed by atoms with Crippen molar-refractivity contribution in [2.75, 3.05) is 0 Å². The van der Waals surface area contributed by atoms with Crippen molar-refractivity contribution in [1.82, 2.24) is 5.32 Å². The van der Waals surface area contributed by atoms with E-state index in [9.17, 15) is 18.3 Å². The zero-order valence-electron chi connectivity index (χ0n) is 9.70. The molecule has 0 amide bonds. The zero-order valence-corrected chi connectivity index (χ0v) is 9.70. The molecule has 4 rings (SSSR count). The lowest BCUT2D eigenvalue weighted by atomic mass is 9.62. The summed E-state index contributed by atoms with van der Waals surface area (Å²) in [5, 5.41) is 20.8. The number of rotatable bonds is 0. The molecule has 4 bridgehead atoms. The minimum absolute atomic E-state index is 0.262. The molecule has 4 fully saturated rings. The summed E-state index contributed by atoms with van der Waals surface area (Å²) in [5.74, 6) is -1.92. The van der Waals surface area contributed by atoms with Crippen LogP contribution >= 0.6 is 0 Å². The summed E-state index contributed by atoms with van der Waals surface area (Å²) in [5.41, 5.74) is -0.262. The van der Waals surface area contributed by atoms with Gasteiger partial charge in [-0.2, -0.15) is 13.2 Å². The summed E-state index contributed by atoms with van der Waals surface area (Å²) in [6.07, 6.45) is 0.666. The normalized spacial score (nSPS) is 41.2. The minimum atomic E-state index is -5.08. The number of aliphatic carboxylic acids is 1. The van der Waals surface area contributed by atoms with Crippen molar-refractivity contribution in [3.05, 3.63) is 0 Å². The minimum Gasteiger partial charge on any atom is -0.475 e. The highest BCUT2D eigenvalue weighted by atomic mass is 19.4. The van der Waals surface area contributed by atoms with Gasteiger partial charge in [0.05, 0.1) is 5.60 Å². The lowest BCUT2D eigenvalue weighted by molar-refractivity contribution is -0.192. The summed E-state index contributed by atoms with van der Waals surface area (Å²) in [6, 6.07) is 1.29. The lowest BCUT2D eigenvalue weighted by Crippen LogP contribution is -2.62. The Labute approximate surface area is 102 Å². The Bertz CT molecular complexity index is 308. The summed E-state index contributed by atoms with van der Waals surface area (Å²) in [4.78, 5) is 8.90. The molecule has 2 unspecified atom stereocenters. The van der Waals surface area contributed by atoms with Crippen molar-refractivity contribution >= 4 is 5.97 Å². The molecule has 18 heavy (non-hydrogen) atoms. The van der Waals surface area contributed by atoms with Crippen molar-refractivity contribution in [1.29, 1.82) is 0 Å². The van der Waals surface area contributed by atoms with Gasteiger partial charge in [-0.1, -0.05) is 0 Å². The van der Waals surface area contributed by atoms with Gasteiger partial charge in [-0.25, -0.2) is 4.79 Å². The van der Waals surface area contributed by atoms with Gasteiger partial charge >= 0.3 is 12.1 Å². The Morgan fingerprint density at radius 3 is 1.89 bits per heavy atom. The molecule has 104 valence electrons. The highest BCUT2D eigenvalue weighted by Crippen LogP contribution is 2.46. The molecule has 4 aliphatic rings. The van der Waals surface area contributed by atoms with Crippen molar-refractivity contribution < 1.29 is 28.2 Å². The topological polar surface area (TPSA) is 69.6 Å². The Balaban J connectivity index is 0.000000152. The van der Waals surface area contributed by atoms with E-state index in [2.05, 4.69) is 5.32 Å². The Morgan fingerprint density at radius 2 is 1.61 bits per heavy atom. The maximum atomic E-state index is 10.6. The van der Waals surface area contributed by atoms with Crippen LogP contribution in [-0.4, -0.2) is 40.0 Å². The molecule has 0 radical (unpaired) electrons. The number of halogens is 3. The number of alkyl halides is 3. The van der Waals surface area contributed by atoms with Gasteiger partial charge in [0.15, 0.2) is 0 Å². The van der Waals surface area contributed by atoms with Crippen molar-refractivity contribution in [3.8, 4) is 0 Å². The van der Waals surface area contributed by atoms with Gasteiger partial charge < -0.3 is 15.5 Å². The number of hydrogen-bond acceptors (Lipinski definition) is 3. The molecule has 2 heterocycles. The quantitative estimate of drug-likeness (QED) is 0.618. The van der Waals surface area contributed by atoms with Gasteiger partial charge in [-0.3, -0.25) is 0 Å². The van der Waals surface area contributed by atoms with E-state index in [0.717, 1.165) is 25.2 Å². The van der Waals surface area contributed by atoms with Crippen LogP contribution in [0.2, 0.25) is 0 Å². The van der Waals surface area contributed by atoms with Gasteiger partial charge in [0, 0.05) is 12.1 Å². The molecule has 0 aromatic rings. The number of carboxylic acids is 1. The third-order valence-electron chi connectivity index (χ3n) is 3.87. The van der Waals surface area contributed by atoms with E-state index in [4.69, 9.17) is 9.90 Å². The van der Waals surface area contributed by atoms with E-state index in [-0.39, 0.29) is 5.60 Å². The SMILES string of the molecule is O=C(O)C(F)(F)F.OC12CC3C[C@H](C1)N[C@@H](C3)C2. The van der Waals surface area contributed by atoms with Crippen molar-refractivity contribution in [2.24, 2.45) is 5.92 Å². The van der Waals surface area contributed by atoms with Crippen molar-refractivity contribution in [3.63, 3.8) is 0 Å². The fraction of sp³-hybridized carbons (Fsp3) is 0.909. The first-order valence-electron chi connectivity index (χ1n) is 5.96. The second kappa shape index (κ2) is 4.38. The molecule has 3 N–H and O–H groups in total. The Morgan fingerprint density at radius 1 is 1.17 bits per heavy atom. The first-order valence-corrected chi connectivity index (χ1v) is 5.96. The largest absolute Gasteiger partial charge is 0.490 e. The smallest absolute Gasteiger partial charge is 0.475 e. The first kappa shape index (κ1) is 13.6. The third kappa shape index (κ3) is 2.95. The van der Waals surface area contributed by atoms with Crippen LogP contribution in [0.4, 0.5) is 13.2 Å². The number of carbonyl (C=O) groups is 1. The average Bonchev–Trinajstić information content (AvgIpc) is 2.11. The molecule has 0 aromatic carbocycles. The third-order valence-corrected chi connectivity index (χ3v) is 3.87. The molecular weight excluding hydrogens is 251 g/mol. The molecule has 0 aromatic heterocycles. The van der Waals surface area contributed by atoms with Gasteiger partial charge in [0.25, 0.3) is 0 Å². The molecule has 2 aliphatic heterocycles. The summed E-state index contributed by atoms with van der Waals surface area (Å²) < 4.78 is 31.7. The van der Waals surface area contributed by atoms with Gasteiger partial charge in [-0.15, -0.1) is 0 Å². The van der Waals surface area contributed by atoms with E-state index < -0.39 is 12.1 Å². The van der Waals surface area contributed by atoms with Crippen molar-refractivity contribution in [2.45, 2.75) is 56.0 Å². The molecule has 4 atom stereocenters. The Hall–Kier alpha value is -0.820. The second-order valence-corrected chi connectivity index (χ2v) is 5.54. The summed E-state index contributed by atoms with van der Waals surface area (Å²) in [7, 11) is 0. The van der Waals surface area contributed by atoms with Crippen LogP contribution in [0.1, 0.15) is 32.1 Å². The molecule has 2 saturated carbocycles. The average molecular weight is 267 g/mol. The fourth-order valence-corrected chi connectivity index (χ4v) is 3.53. The zero-order chi connectivity index (χ0) is 13.6. The fourth-order valence-electron chi connectivity index (χ4n) is 3.53. The van der Waals surface area contributed by atoms with Crippen LogP contribution in [0.5, 0.6) is 0 Å². The van der Waals surface area contributed by atoms with Crippen LogP contribution < -0.4 is 5.32 Å². The number of aliphatic hydroxyl groups is 1. The molecule has 2 saturated heterocycles. The monoisotopic (exact) mass is 267 g/mol. The van der Waals surface area contributed by atoms with Crippen LogP contribution in [0.3, 0.4) is 0 Å². The highest BCUT2D eigenvalue weighted by molar-refractivity contribution is 5.73. The maximum Gasteiger partial charge on any atom is 0.490 e. The molecule has 2 aliphatic carbocycles. The maximum absolute atomic E-state index is 10.6. The van der Waals surface area contributed by atoms with Crippen LogP contribution in [0.15, 0.2) is 0 Å². The lowest BCUT2D eigenvalue weighted by Gasteiger charge is -2.54. The standard InChI is InChI=1S/C9H15NO.C2HF3O2/c11-9-3-6-1-7(4-9)10-8(2-6)5-9;3-2(4,5)1(6)7/h6-8,10-11H,1-5H2;(H,6,7)/t6?,7-,8+,9?;. The van der Waals surface area contributed by atoms with Gasteiger partial charge in [-0.05, 0) is 38.0 Å². The van der Waals surface area contributed by atoms with E-state index in [0.29, 0.717) is 12.1 Å². The first-order chi connectivity index (χ1) is 8.18. The van der Waals surface area contributed by atoms with Crippen LogP contribution in [0, 0.1) is 5.92 Å². The van der Waals surface area contributed by atoms with E-state index in [1.165, 1.54) is 12.8 Å². The van der Waals surface area contributed by atoms with E-state index >= 15 is 0 Å². The number of piperidine rings is 2. The predicted octanol–water partition coefficient (Wildman–Crippen LogP) is 1.29. The van der Waals surface area contributed by atoms with E-state index in [1.807, 2.05) is 0 Å².